The van der Waals surface area contributed by atoms with E-state index in [1.807, 2.05) is 0 Å². The van der Waals surface area contributed by atoms with Gasteiger partial charge in [-0.05, 0) is 64.8 Å². The molecule has 0 atom stereocenters. The molecular formula is C25H30FN5O6S. The number of benzene rings is 1. The van der Waals surface area contributed by atoms with Gasteiger partial charge in [-0.1, -0.05) is 11.3 Å². The van der Waals surface area contributed by atoms with E-state index in [1.54, 1.807) is 20.8 Å². The number of nitrogens with zero attached hydrogens (tertiary/aromatic N) is 5. The summed E-state index contributed by atoms with van der Waals surface area (Å²) in [6.45, 7) is 7.78. The van der Waals surface area contributed by atoms with Gasteiger partial charge < -0.3 is 14.9 Å². The molecule has 4 aromatic rings. The van der Waals surface area contributed by atoms with E-state index in [0.29, 0.717) is 26.7 Å². The van der Waals surface area contributed by atoms with Crippen molar-refractivity contribution in [3.8, 4) is 10.8 Å². The number of aliphatic hydroxyl groups excluding tert-OH is 1. The molecule has 0 saturated heterocycles. The van der Waals surface area contributed by atoms with Crippen molar-refractivity contribution in [3.05, 3.63) is 68.4 Å². The first-order chi connectivity index (χ1) is 17.8. The predicted octanol–water partition coefficient (Wildman–Crippen LogP) is 2.71. The minimum atomic E-state index is -1.81. The van der Waals surface area contributed by atoms with E-state index in [-0.39, 0.29) is 24.5 Å². The Bertz CT molecular complexity index is 1570. The molecule has 0 unspecified atom stereocenters. The predicted molar refractivity (Wildman–Crippen MR) is 141 cm³/mol. The number of carboxylic acid groups (broad SMARTS) is 1. The molecule has 204 valence electrons. The SMILES string of the molecule is CC(C)O.COc1ccc(F)cc1CCn1c(=O)n(C(C)(C)C(=O)O)c(=O)c2c(C)c(-n3nccn3)sc21. The molecule has 38 heavy (non-hydrogen) atoms. The molecule has 2 N–H and O–H groups in total. The second-order valence-electron chi connectivity index (χ2n) is 9.27. The Morgan fingerprint density at radius 2 is 1.82 bits per heavy atom. The molecule has 13 heteroatoms. The zero-order valence-electron chi connectivity index (χ0n) is 21.9. The third-order valence-electron chi connectivity index (χ3n) is 5.72. The molecule has 0 bridgehead atoms. The van der Waals surface area contributed by atoms with Gasteiger partial charge in [0.05, 0.1) is 24.9 Å². The number of aliphatic hydroxyl groups is 1. The summed E-state index contributed by atoms with van der Waals surface area (Å²) in [5.41, 5.74) is -2.24. The maximum absolute atomic E-state index is 13.9. The number of hydrogen-bond donors (Lipinski definition) is 2. The fourth-order valence-electron chi connectivity index (χ4n) is 3.81. The van der Waals surface area contributed by atoms with Gasteiger partial charge in [0, 0.05) is 18.2 Å². The number of ether oxygens (including phenoxy) is 1. The fourth-order valence-corrected chi connectivity index (χ4v) is 5.04. The summed E-state index contributed by atoms with van der Waals surface area (Å²) in [6.07, 6.45) is 3.01. The molecule has 0 aliphatic rings. The van der Waals surface area contributed by atoms with Crippen LogP contribution in [0.1, 0.15) is 38.8 Å². The van der Waals surface area contributed by atoms with Crippen LogP contribution in [0.3, 0.4) is 0 Å². The Kier molecular flexibility index (Phi) is 8.52. The highest BCUT2D eigenvalue weighted by molar-refractivity contribution is 7.21. The monoisotopic (exact) mass is 547 g/mol. The van der Waals surface area contributed by atoms with Gasteiger partial charge in [0.25, 0.3) is 5.56 Å². The number of rotatable bonds is 7. The summed E-state index contributed by atoms with van der Waals surface area (Å²) in [6, 6.07) is 4.08. The Morgan fingerprint density at radius 1 is 1.21 bits per heavy atom. The van der Waals surface area contributed by atoms with Crippen LogP contribution in [0.15, 0.2) is 40.2 Å². The number of methoxy groups -OCH3 is 1. The number of hydrogen-bond acceptors (Lipinski definition) is 8. The first-order valence-electron chi connectivity index (χ1n) is 11.7. The largest absolute Gasteiger partial charge is 0.496 e. The number of aromatic nitrogens is 5. The summed E-state index contributed by atoms with van der Waals surface area (Å²) in [7, 11) is 1.46. The van der Waals surface area contributed by atoms with Crippen LogP contribution >= 0.6 is 11.3 Å². The summed E-state index contributed by atoms with van der Waals surface area (Å²) in [5, 5.41) is 26.8. The van der Waals surface area contributed by atoms with E-state index >= 15 is 0 Å². The van der Waals surface area contributed by atoms with Crippen molar-refractivity contribution < 1.29 is 24.1 Å². The number of carboxylic acids is 1. The van der Waals surface area contributed by atoms with Crippen molar-refractivity contribution in [3.63, 3.8) is 0 Å². The fraction of sp³-hybridized carbons (Fsp3) is 0.400. The van der Waals surface area contributed by atoms with E-state index in [9.17, 15) is 23.9 Å². The van der Waals surface area contributed by atoms with Gasteiger partial charge in [-0.2, -0.15) is 10.2 Å². The number of carbonyl (C=O) groups is 1. The Labute approximate surface area is 221 Å². The molecule has 0 aliphatic heterocycles. The van der Waals surface area contributed by atoms with Gasteiger partial charge in [-0.15, -0.1) is 4.80 Å². The molecule has 0 fully saturated rings. The van der Waals surface area contributed by atoms with Crippen LogP contribution in [0.2, 0.25) is 0 Å². The summed E-state index contributed by atoms with van der Waals surface area (Å²) in [5.74, 6) is -1.33. The maximum Gasteiger partial charge on any atom is 0.333 e. The lowest BCUT2D eigenvalue weighted by atomic mass is 10.1. The molecule has 0 amide bonds. The molecule has 0 spiro atoms. The topological polar surface area (TPSA) is 141 Å². The number of aryl methyl sites for hydroxylation is 3. The van der Waals surface area contributed by atoms with Gasteiger partial charge in [0.1, 0.15) is 26.9 Å². The van der Waals surface area contributed by atoms with Crippen molar-refractivity contribution in [2.75, 3.05) is 7.11 Å². The minimum Gasteiger partial charge on any atom is -0.496 e. The highest BCUT2D eigenvalue weighted by Gasteiger charge is 2.35. The van der Waals surface area contributed by atoms with Crippen LogP contribution in [0.25, 0.3) is 15.2 Å². The Balaban J connectivity index is 0.000000934. The minimum absolute atomic E-state index is 0.0526. The molecule has 3 heterocycles. The molecule has 11 nitrogen and oxygen atoms in total. The first kappa shape index (κ1) is 28.7. The van der Waals surface area contributed by atoms with Crippen molar-refractivity contribution in [1.29, 1.82) is 0 Å². The molecule has 0 aliphatic carbocycles. The lowest BCUT2D eigenvalue weighted by Crippen LogP contribution is -2.52. The summed E-state index contributed by atoms with van der Waals surface area (Å²) in [4.78, 5) is 40.6. The highest BCUT2D eigenvalue weighted by atomic mass is 32.1. The molecular weight excluding hydrogens is 517 g/mol. The van der Waals surface area contributed by atoms with Gasteiger partial charge in [0.2, 0.25) is 0 Å². The third kappa shape index (κ3) is 5.53. The zero-order valence-corrected chi connectivity index (χ0v) is 22.7. The first-order valence-corrected chi connectivity index (χ1v) is 12.5. The Morgan fingerprint density at radius 3 is 2.37 bits per heavy atom. The van der Waals surface area contributed by atoms with Crippen LogP contribution in [-0.4, -0.2) is 53.5 Å². The van der Waals surface area contributed by atoms with Crippen molar-refractivity contribution in [2.24, 2.45) is 0 Å². The maximum atomic E-state index is 13.9. The smallest absolute Gasteiger partial charge is 0.333 e. The number of halogens is 1. The van der Waals surface area contributed by atoms with E-state index in [2.05, 4.69) is 10.2 Å². The van der Waals surface area contributed by atoms with Crippen LogP contribution in [0.4, 0.5) is 4.39 Å². The number of thiophene rings is 1. The summed E-state index contributed by atoms with van der Waals surface area (Å²) >= 11 is 1.15. The summed E-state index contributed by atoms with van der Waals surface area (Å²) < 4.78 is 21.3. The lowest BCUT2D eigenvalue weighted by molar-refractivity contribution is -0.146. The van der Waals surface area contributed by atoms with E-state index in [4.69, 9.17) is 9.84 Å². The normalized spacial score (nSPS) is 11.5. The van der Waals surface area contributed by atoms with Gasteiger partial charge in [0.15, 0.2) is 0 Å². The lowest BCUT2D eigenvalue weighted by Gasteiger charge is -2.23. The molecule has 0 radical (unpaired) electrons. The average Bonchev–Trinajstić information content (AvgIpc) is 3.46. The van der Waals surface area contributed by atoms with E-state index in [1.165, 1.54) is 60.9 Å². The van der Waals surface area contributed by atoms with Crippen molar-refractivity contribution in [1.82, 2.24) is 24.1 Å². The van der Waals surface area contributed by atoms with Gasteiger partial charge in [-0.25, -0.2) is 18.5 Å². The quantitative estimate of drug-likeness (QED) is 0.360. The van der Waals surface area contributed by atoms with E-state index < -0.39 is 28.6 Å². The number of fused-ring (bicyclic) bond motifs is 1. The van der Waals surface area contributed by atoms with Crippen molar-refractivity contribution in [2.45, 2.75) is 59.2 Å². The third-order valence-corrected chi connectivity index (χ3v) is 7.00. The van der Waals surface area contributed by atoms with Crippen LogP contribution in [0, 0.1) is 12.7 Å². The van der Waals surface area contributed by atoms with Crippen LogP contribution in [-0.2, 0) is 23.3 Å². The second kappa shape index (κ2) is 11.3. The van der Waals surface area contributed by atoms with Crippen LogP contribution < -0.4 is 16.0 Å². The molecule has 4 rings (SSSR count). The average molecular weight is 548 g/mol. The van der Waals surface area contributed by atoms with Crippen LogP contribution in [0.5, 0.6) is 5.75 Å². The van der Waals surface area contributed by atoms with E-state index in [0.717, 1.165) is 15.9 Å². The van der Waals surface area contributed by atoms with Crippen molar-refractivity contribution >= 4 is 27.5 Å². The Hall–Kier alpha value is -3.84. The number of aliphatic carboxylic acids is 1. The molecule has 3 aromatic heterocycles. The van der Waals surface area contributed by atoms with Gasteiger partial charge in [-0.3, -0.25) is 9.36 Å². The second-order valence-corrected chi connectivity index (χ2v) is 10.2. The molecule has 1 aromatic carbocycles. The standard InChI is InChI=1S/C22H22FN5O5S.C3H8O/c1-12-16-17(29)27(22(2,3)20(30)31)21(32)26(19(16)34-18(12)28-24-8-9-25-28)10-7-13-11-14(23)5-6-15(13)33-4;1-3(2)4/h5-6,8-9,11H,7,10H2,1-4H3,(H,30,31);3-4H,1-2H3. The highest BCUT2D eigenvalue weighted by Crippen LogP contribution is 2.31. The zero-order chi connectivity index (χ0) is 28.4. The van der Waals surface area contributed by atoms with Gasteiger partial charge >= 0.3 is 11.7 Å². The molecule has 0 saturated carbocycles.